The summed E-state index contributed by atoms with van der Waals surface area (Å²) in [6.45, 7) is 8.83. The largest absolute Gasteiger partial charge is 0.356 e. The van der Waals surface area contributed by atoms with Gasteiger partial charge in [-0.25, -0.2) is 9.97 Å². The van der Waals surface area contributed by atoms with Crippen LogP contribution in [0.2, 0.25) is 0 Å². The molecule has 184 valence electrons. The minimum absolute atomic E-state index is 0.108. The fraction of sp³-hybridized carbons (Fsp3) is 0.821. The zero-order valence-corrected chi connectivity index (χ0v) is 21.3. The van der Waals surface area contributed by atoms with Crippen LogP contribution in [0.3, 0.4) is 0 Å². The lowest BCUT2D eigenvalue weighted by molar-refractivity contribution is -0.125. The SMILES string of the molecule is C[C@H](NC(=O)CC(C)(C)C1CCCCC1)C1CCN(c2cc(C3CCCCC3)ncn2)CC1. The molecular weight excluding hydrogens is 408 g/mol. The highest BCUT2D eigenvalue weighted by Crippen LogP contribution is 2.40. The Morgan fingerprint density at radius 2 is 1.64 bits per heavy atom. The van der Waals surface area contributed by atoms with Gasteiger partial charge in [-0.1, -0.05) is 52.4 Å². The monoisotopic (exact) mass is 454 g/mol. The molecule has 1 N–H and O–H groups in total. The van der Waals surface area contributed by atoms with Crippen LogP contribution in [0.5, 0.6) is 0 Å². The third kappa shape index (κ3) is 6.48. The molecule has 1 aromatic heterocycles. The Morgan fingerprint density at radius 3 is 2.30 bits per heavy atom. The van der Waals surface area contributed by atoms with Gasteiger partial charge in [0.2, 0.25) is 5.91 Å². The molecule has 1 aliphatic heterocycles. The maximum atomic E-state index is 12.9. The molecule has 1 atom stereocenters. The molecule has 1 aromatic rings. The van der Waals surface area contributed by atoms with Crippen molar-refractivity contribution in [3.05, 3.63) is 18.1 Å². The molecule has 3 fully saturated rings. The minimum atomic E-state index is 0.108. The number of aromatic nitrogens is 2. The lowest BCUT2D eigenvalue weighted by Gasteiger charge is -2.38. The number of amides is 1. The van der Waals surface area contributed by atoms with Crippen LogP contribution in [0.25, 0.3) is 0 Å². The standard InChI is InChI=1S/C28H46N4O/c1-21(31-27(33)19-28(2,3)24-12-8-5-9-13-24)22-14-16-32(17-15-22)26-18-25(29-20-30-26)23-10-6-4-7-11-23/h18,20-24H,4-17,19H2,1-3H3,(H,31,33)/t21-/m0/s1. The molecule has 0 aromatic carbocycles. The Morgan fingerprint density at radius 1 is 1.00 bits per heavy atom. The van der Waals surface area contributed by atoms with Crippen LogP contribution in [-0.2, 0) is 4.79 Å². The number of carbonyl (C=O) groups excluding carboxylic acids is 1. The minimum Gasteiger partial charge on any atom is -0.356 e. The third-order valence-electron chi connectivity index (χ3n) is 8.98. The molecule has 2 aliphatic carbocycles. The summed E-state index contributed by atoms with van der Waals surface area (Å²) in [7, 11) is 0. The fourth-order valence-corrected chi connectivity index (χ4v) is 6.65. The molecule has 1 saturated heterocycles. The van der Waals surface area contributed by atoms with E-state index in [2.05, 4.69) is 47.0 Å². The first-order valence-corrected chi connectivity index (χ1v) is 13.8. The van der Waals surface area contributed by atoms with E-state index in [0.29, 0.717) is 24.2 Å². The number of rotatable bonds is 7. The maximum Gasteiger partial charge on any atom is 0.220 e. The first kappa shape index (κ1) is 24.5. The van der Waals surface area contributed by atoms with Crippen LogP contribution in [0.15, 0.2) is 12.4 Å². The van der Waals surface area contributed by atoms with E-state index >= 15 is 0 Å². The van der Waals surface area contributed by atoms with Crippen LogP contribution in [0.1, 0.15) is 116 Å². The van der Waals surface area contributed by atoms with E-state index in [1.165, 1.54) is 69.9 Å². The average Bonchev–Trinajstić information content (AvgIpc) is 2.85. The molecule has 0 bridgehead atoms. The Labute approximate surface area is 201 Å². The summed E-state index contributed by atoms with van der Waals surface area (Å²) >= 11 is 0. The first-order chi connectivity index (χ1) is 15.9. The Kier molecular flexibility index (Phi) is 8.29. The number of hydrogen-bond donors (Lipinski definition) is 1. The van der Waals surface area contributed by atoms with E-state index < -0.39 is 0 Å². The predicted octanol–water partition coefficient (Wildman–Crippen LogP) is 6.24. The highest BCUT2D eigenvalue weighted by molar-refractivity contribution is 5.77. The second-order valence-electron chi connectivity index (χ2n) is 11.8. The molecule has 2 saturated carbocycles. The van der Waals surface area contributed by atoms with Gasteiger partial charge in [-0.05, 0) is 62.7 Å². The van der Waals surface area contributed by atoms with Crippen LogP contribution in [0, 0.1) is 17.3 Å². The van der Waals surface area contributed by atoms with Crippen LogP contribution < -0.4 is 10.2 Å². The quantitative estimate of drug-likeness (QED) is 0.530. The van der Waals surface area contributed by atoms with Crippen molar-refractivity contribution in [1.82, 2.24) is 15.3 Å². The van der Waals surface area contributed by atoms with Gasteiger partial charge in [0.1, 0.15) is 12.1 Å². The second kappa shape index (κ2) is 11.2. The van der Waals surface area contributed by atoms with E-state index in [1.54, 1.807) is 6.33 Å². The van der Waals surface area contributed by atoms with Gasteiger partial charge in [-0.3, -0.25) is 4.79 Å². The highest BCUT2D eigenvalue weighted by Gasteiger charge is 2.34. The van der Waals surface area contributed by atoms with E-state index in [4.69, 9.17) is 0 Å². The zero-order valence-electron chi connectivity index (χ0n) is 21.3. The first-order valence-electron chi connectivity index (χ1n) is 13.8. The zero-order chi connectivity index (χ0) is 23.3. The van der Waals surface area contributed by atoms with E-state index in [0.717, 1.165) is 31.7 Å². The Hall–Kier alpha value is -1.65. The molecule has 0 radical (unpaired) electrons. The van der Waals surface area contributed by atoms with Gasteiger partial charge >= 0.3 is 0 Å². The number of nitrogens with zero attached hydrogens (tertiary/aromatic N) is 3. The number of hydrogen-bond acceptors (Lipinski definition) is 4. The van der Waals surface area contributed by atoms with Gasteiger partial charge in [0, 0.05) is 43.2 Å². The molecule has 5 nitrogen and oxygen atoms in total. The molecular formula is C28H46N4O. The molecule has 0 spiro atoms. The van der Waals surface area contributed by atoms with E-state index in [-0.39, 0.29) is 17.4 Å². The van der Waals surface area contributed by atoms with Gasteiger partial charge < -0.3 is 10.2 Å². The van der Waals surface area contributed by atoms with Crippen LogP contribution in [-0.4, -0.2) is 35.0 Å². The van der Waals surface area contributed by atoms with Crippen LogP contribution >= 0.6 is 0 Å². The second-order valence-corrected chi connectivity index (χ2v) is 11.8. The normalized spacial score (nSPS) is 22.8. The van der Waals surface area contributed by atoms with Crippen molar-refractivity contribution >= 4 is 11.7 Å². The topological polar surface area (TPSA) is 58.1 Å². The predicted molar refractivity (Wildman–Crippen MR) is 135 cm³/mol. The number of anilines is 1. The van der Waals surface area contributed by atoms with Gasteiger partial charge in [0.05, 0.1) is 0 Å². The average molecular weight is 455 g/mol. The summed E-state index contributed by atoms with van der Waals surface area (Å²) < 4.78 is 0. The lowest BCUT2D eigenvalue weighted by Crippen LogP contribution is -2.45. The Bertz CT molecular complexity index is 759. The highest BCUT2D eigenvalue weighted by atomic mass is 16.1. The van der Waals surface area contributed by atoms with Gasteiger partial charge in [0.15, 0.2) is 0 Å². The van der Waals surface area contributed by atoms with Gasteiger partial charge in [-0.2, -0.15) is 0 Å². The Balaban J connectivity index is 1.25. The van der Waals surface area contributed by atoms with Crippen molar-refractivity contribution in [1.29, 1.82) is 0 Å². The number of nitrogens with one attached hydrogen (secondary N) is 1. The van der Waals surface area contributed by atoms with Gasteiger partial charge in [-0.15, -0.1) is 0 Å². The molecule has 33 heavy (non-hydrogen) atoms. The van der Waals surface area contributed by atoms with Crippen molar-refractivity contribution in [3.63, 3.8) is 0 Å². The van der Waals surface area contributed by atoms with Crippen LogP contribution in [0.4, 0.5) is 5.82 Å². The van der Waals surface area contributed by atoms with E-state index in [9.17, 15) is 4.79 Å². The summed E-state index contributed by atoms with van der Waals surface area (Å²) in [6.07, 6.45) is 17.8. The molecule has 0 unspecified atom stereocenters. The molecule has 1 amide bonds. The fourth-order valence-electron chi connectivity index (χ4n) is 6.65. The van der Waals surface area contributed by atoms with Crippen molar-refractivity contribution in [3.8, 4) is 0 Å². The van der Waals surface area contributed by atoms with Crippen molar-refractivity contribution in [2.45, 2.75) is 116 Å². The summed E-state index contributed by atoms with van der Waals surface area (Å²) in [5.74, 6) is 3.19. The third-order valence-corrected chi connectivity index (χ3v) is 8.98. The lowest BCUT2D eigenvalue weighted by atomic mass is 9.69. The molecule has 4 rings (SSSR count). The summed E-state index contributed by atoms with van der Waals surface area (Å²) in [5.41, 5.74) is 1.35. The molecule has 5 heteroatoms. The number of piperidine rings is 1. The summed E-state index contributed by atoms with van der Waals surface area (Å²) in [4.78, 5) is 24.5. The summed E-state index contributed by atoms with van der Waals surface area (Å²) in [5, 5.41) is 3.37. The maximum absolute atomic E-state index is 12.9. The van der Waals surface area contributed by atoms with Crippen molar-refractivity contribution in [2.24, 2.45) is 17.3 Å². The molecule has 3 aliphatic rings. The van der Waals surface area contributed by atoms with Crippen molar-refractivity contribution < 1.29 is 4.79 Å². The smallest absolute Gasteiger partial charge is 0.220 e. The van der Waals surface area contributed by atoms with Gasteiger partial charge in [0.25, 0.3) is 0 Å². The van der Waals surface area contributed by atoms with E-state index in [1.807, 2.05) is 0 Å². The number of carbonyl (C=O) groups is 1. The van der Waals surface area contributed by atoms with Crippen molar-refractivity contribution in [2.75, 3.05) is 18.0 Å². The molecule has 2 heterocycles. The summed E-state index contributed by atoms with van der Waals surface area (Å²) in [6, 6.07) is 2.49.